The molecule has 3 aromatic rings. The standard InChI is InChI=1S/C23H26N6O19S6/c1-13-17(12-24)22(26-3-6-49(30,31)7-5-48-54(44,45)46)27-23(25-2-4-47-53(41,42)43)21(13)29-28-18-11-16-14(9-20(18)52(38,39)40)8-15(50(32,33)34)10-19(16)51(35,36)37/h8-11H,2-7H2,1H3,(H2,25,26,27)(H,32,33,34)(H,35,36,37)(H,38,39,40)(H,41,42,43)(H,44,45,46). The average molecular weight is 883 g/mol. The highest BCUT2D eigenvalue weighted by Crippen LogP contribution is 2.38. The van der Waals surface area contributed by atoms with Gasteiger partial charge in [-0.25, -0.2) is 21.8 Å². The summed E-state index contributed by atoms with van der Waals surface area (Å²) in [6.45, 7) is -1.38. The summed E-state index contributed by atoms with van der Waals surface area (Å²) >= 11 is 0. The van der Waals surface area contributed by atoms with Crippen molar-refractivity contribution < 1.29 is 81.6 Å². The third-order valence-electron chi connectivity index (χ3n) is 6.56. The quantitative estimate of drug-likeness (QED) is 0.0518. The Morgan fingerprint density at radius 3 is 1.81 bits per heavy atom. The summed E-state index contributed by atoms with van der Waals surface area (Å²) in [5.41, 5.74) is -1.74. The van der Waals surface area contributed by atoms with Crippen LogP contribution in [0, 0.1) is 18.3 Å². The van der Waals surface area contributed by atoms with Gasteiger partial charge >= 0.3 is 20.8 Å². The zero-order chi connectivity index (χ0) is 41.1. The molecule has 2 aromatic carbocycles. The first-order chi connectivity index (χ1) is 24.5. The number of rotatable bonds is 18. The van der Waals surface area contributed by atoms with Gasteiger partial charge in [-0.3, -0.25) is 22.8 Å². The fraction of sp³-hybridized carbons (Fsp3) is 0.304. The molecule has 1 aromatic heterocycles. The molecule has 0 aliphatic heterocycles. The van der Waals surface area contributed by atoms with E-state index in [1.807, 2.05) is 0 Å². The number of hydrogen-bond donors (Lipinski definition) is 7. The van der Waals surface area contributed by atoms with Gasteiger partial charge in [-0.05, 0) is 36.6 Å². The molecule has 0 spiro atoms. The van der Waals surface area contributed by atoms with E-state index in [1.165, 1.54) is 6.92 Å². The lowest BCUT2D eigenvalue weighted by Crippen LogP contribution is -2.23. The van der Waals surface area contributed by atoms with Crippen LogP contribution in [0.5, 0.6) is 0 Å². The molecule has 3 rings (SSSR count). The van der Waals surface area contributed by atoms with E-state index >= 15 is 0 Å². The van der Waals surface area contributed by atoms with Crippen LogP contribution in [0.4, 0.5) is 23.0 Å². The van der Waals surface area contributed by atoms with Gasteiger partial charge in [0.1, 0.15) is 33.1 Å². The Morgan fingerprint density at radius 2 is 1.28 bits per heavy atom. The fourth-order valence-corrected chi connectivity index (χ4v) is 7.92. The van der Waals surface area contributed by atoms with Crippen LogP contribution in [0.15, 0.2) is 49.2 Å². The van der Waals surface area contributed by atoms with Gasteiger partial charge < -0.3 is 10.6 Å². The first kappa shape index (κ1) is 44.4. The number of fused-ring (bicyclic) bond motifs is 1. The Bertz CT molecular complexity index is 2730. The molecule has 7 N–H and O–H groups in total. The van der Waals surface area contributed by atoms with Crippen molar-refractivity contribution in [3.05, 3.63) is 35.4 Å². The summed E-state index contributed by atoms with van der Waals surface area (Å²) < 4.78 is 195. The van der Waals surface area contributed by atoms with Crippen LogP contribution in [0.2, 0.25) is 0 Å². The number of sulfone groups is 1. The molecule has 0 saturated heterocycles. The molecule has 1 heterocycles. The Labute approximate surface area is 307 Å². The van der Waals surface area contributed by atoms with E-state index < -0.39 is 141 Å². The van der Waals surface area contributed by atoms with Gasteiger partial charge in [-0.15, -0.1) is 10.2 Å². The van der Waals surface area contributed by atoms with Crippen molar-refractivity contribution in [1.82, 2.24) is 4.98 Å². The van der Waals surface area contributed by atoms with Crippen LogP contribution in [-0.4, -0.2) is 116 Å². The predicted molar refractivity (Wildman–Crippen MR) is 182 cm³/mol. The molecular weight excluding hydrogens is 857 g/mol. The van der Waals surface area contributed by atoms with Crippen molar-refractivity contribution >= 4 is 94.8 Å². The van der Waals surface area contributed by atoms with Crippen LogP contribution in [0.1, 0.15) is 11.1 Å². The van der Waals surface area contributed by atoms with Crippen LogP contribution >= 0.6 is 0 Å². The molecule has 31 heteroatoms. The third kappa shape index (κ3) is 12.5. The van der Waals surface area contributed by atoms with E-state index in [1.54, 1.807) is 6.07 Å². The van der Waals surface area contributed by atoms with Gasteiger partial charge in [-0.1, -0.05) is 0 Å². The smallest absolute Gasteiger partial charge is 0.368 e. The van der Waals surface area contributed by atoms with Crippen molar-refractivity contribution in [2.45, 2.75) is 21.6 Å². The summed E-state index contributed by atoms with van der Waals surface area (Å²) in [6, 6.07) is 3.91. The van der Waals surface area contributed by atoms with E-state index in [-0.39, 0.29) is 16.9 Å². The lowest BCUT2D eigenvalue weighted by Gasteiger charge is -2.16. The molecule has 0 radical (unpaired) electrons. The summed E-state index contributed by atoms with van der Waals surface area (Å²) in [5.74, 6) is -2.27. The molecule has 298 valence electrons. The van der Waals surface area contributed by atoms with Crippen LogP contribution in [-0.2, 0) is 69.4 Å². The first-order valence-corrected chi connectivity index (χ1v) is 22.7. The van der Waals surface area contributed by atoms with Gasteiger partial charge in [0, 0.05) is 24.0 Å². The van der Waals surface area contributed by atoms with Crippen LogP contribution in [0.25, 0.3) is 10.8 Å². The lowest BCUT2D eigenvalue weighted by molar-refractivity contribution is 0.278. The highest BCUT2D eigenvalue weighted by molar-refractivity contribution is 7.91. The first-order valence-electron chi connectivity index (χ1n) is 13.8. The van der Waals surface area contributed by atoms with Gasteiger partial charge in [0.15, 0.2) is 15.7 Å². The predicted octanol–water partition coefficient (Wildman–Crippen LogP) is 0.448. The second kappa shape index (κ2) is 16.4. The maximum atomic E-state index is 12.4. The minimum absolute atomic E-state index is 0.132. The molecule has 0 amide bonds. The second-order valence-electron chi connectivity index (χ2n) is 10.4. The number of pyridine rings is 1. The molecule has 0 bridgehead atoms. The maximum Gasteiger partial charge on any atom is 0.397 e. The number of nitrogens with one attached hydrogen (secondary N) is 2. The summed E-state index contributed by atoms with van der Waals surface area (Å²) in [4.78, 5) is 0.751. The minimum atomic E-state index is -5.30. The minimum Gasteiger partial charge on any atom is -0.368 e. The number of nitriles is 1. The lowest BCUT2D eigenvalue weighted by atomic mass is 10.1. The highest BCUT2D eigenvalue weighted by Gasteiger charge is 2.25. The number of hydrogen-bond acceptors (Lipinski definition) is 20. The van der Waals surface area contributed by atoms with Crippen molar-refractivity contribution in [3.8, 4) is 6.07 Å². The molecule has 0 aliphatic rings. The monoisotopic (exact) mass is 882 g/mol. The van der Waals surface area contributed by atoms with E-state index in [2.05, 4.69) is 34.2 Å². The largest absolute Gasteiger partial charge is 0.397 e. The maximum absolute atomic E-state index is 12.4. The van der Waals surface area contributed by atoms with Crippen molar-refractivity contribution in [2.24, 2.45) is 10.2 Å². The number of nitrogens with zero attached hydrogens (tertiary/aromatic N) is 4. The number of azo groups is 1. The topological polar surface area (TPSA) is 410 Å². The Morgan fingerprint density at radius 1 is 0.704 bits per heavy atom. The molecule has 0 atom stereocenters. The van der Waals surface area contributed by atoms with E-state index in [9.17, 15) is 69.4 Å². The third-order valence-corrected chi connectivity index (χ3v) is 11.7. The fourth-order valence-electron chi connectivity index (χ4n) is 4.28. The molecule has 54 heavy (non-hydrogen) atoms. The average Bonchev–Trinajstić information content (AvgIpc) is 2.99. The Hall–Kier alpha value is -4.04. The second-order valence-corrected chi connectivity index (χ2v) is 19.0. The van der Waals surface area contributed by atoms with Crippen molar-refractivity contribution in [3.63, 3.8) is 0 Å². The Balaban J connectivity index is 2.19. The van der Waals surface area contributed by atoms with E-state index in [0.717, 1.165) is 0 Å². The summed E-state index contributed by atoms with van der Waals surface area (Å²) in [7, 11) is -29.6. The highest BCUT2D eigenvalue weighted by atomic mass is 32.3. The molecule has 0 aliphatic carbocycles. The van der Waals surface area contributed by atoms with Gasteiger partial charge in [0.25, 0.3) is 30.4 Å². The number of anilines is 2. The summed E-state index contributed by atoms with van der Waals surface area (Å²) in [6.07, 6.45) is 0. The zero-order valence-electron chi connectivity index (χ0n) is 26.7. The molecule has 0 unspecified atom stereocenters. The van der Waals surface area contributed by atoms with Crippen molar-refractivity contribution in [2.75, 3.05) is 48.4 Å². The normalized spacial score (nSPS) is 13.3. The SMILES string of the molecule is Cc1c(C#N)c(NCCS(=O)(=O)CCOS(=O)(=O)O)nc(NCCOS(=O)(=O)O)c1N=Nc1cc2c(S(=O)(=O)O)cc(S(=O)(=O)O)cc2cc1S(=O)(=O)O. The van der Waals surface area contributed by atoms with Gasteiger partial charge in [-0.2, -0.15) is 47.4 Å². The number of aromatic nitrogens is 1. The van der Waals surface area contributed by atoms with Gasteiger partial charge in [0.05, 0.1) is 35.2 Å². The van der Waals surface area contributed by atoms with E-state index in [4.69, 9.17) is 9.11 Å². The van der Waals surface area contributed by atoms with E-state index in [0.29, 0.717) is 24.3 Å². The Kier molecular flexibility index (Phi) is 13.4. The molecule has 25 nitrogen and oxygen atoms in total. The molecule has 0 saturated carbocycles. The van der Waals surface area contributed by atoms with Crippen molar-refractivity contribution in [1.29, 1.82) is 5.26 Å². The summed E-state index contributed by atoms with van der Waals surface area (Å²) in [5, 5.41) is 21.5. The molecular formula is C23H26N6O19S6. The van der Waals surface area contributed by atoms with Gasteiger partial charge in [0.2, 0.25) is 0 Å². The van der Waals surface area contributed by atoms with Crippen LogP contribution < -0.4 is 10.6 Å². The zero-order valence-corrected chi connectivity index (χ0v) is 31.6. The van der Waals surface area contributed by atoms with Crippen LogP contribution in [0.3, 0.4) is 0 Å². The molecule has 0 fully saturated rings. The number of benzene rings is 2.